The maximum Gasteiger partial charge on any atom is 0.330 e. The Morgan fingerprint density at radius 1 is 0.862 bits per heavy atom. The van der Waals surface area contributed by atoms with Crippen LogP contribution in [0.5, 0.6) is 11.5 Å². The van der Waals surface area contributed by atoms with E-state index in [9.17, 15) is 19.2 Å². The van der Waals surface area contributed by atoms with E-state index >= 15 is 0 Å². The highest BCUT2D eigenvalue weighted by Crippen LogP contribution is 2.48. The molecule has 3 aromatic rings. The number of methoxy groups -OCH3 is 1. The van der Waals surface area contributed by atoms with Crippen molar-refractivity contribution in [3.63, 3.8) is 0 Å². The Balaban J connectivity index is 1.47. The zero-order chi connectivity index (χ0) is 42.8. The molecule has 0 saturated carbocycles. The number of nitrogens with zero attached hydrogens (tertiary/aromatic N) is 2. The summed E-state index contributed by atoms with van der Waals surface area (Å²) in [5.74, 6) is 0.755. The number of hydrogen-bond donors (Lipinski definition) is 1. The number of rotatable bonds is 17. The summed E-state index contributed by atoms with van der Waals surface area (Å²) in [7, 11) is -1.96. The van der Waals surface area contributed by atoms with Gasteiger partial charge in [0.1, 0.15) is 48.6 Å². The number of aromatic amines is 1. The summed E-state index contributed by atoms with van der Waals surface area (Å²) < 4.78 is 46.1. The predicted octanol–water partition coefficient (Wildman–Crippen LogP) is 5.68. The number of aldehydes is 1. The van der Waals surface area contributed by atoms with E-state index in [1.807, 2.05) is 30.3 Å². The number of benzene rings is 2. The molecule has 318 valence electrons. The van der Waals surface area contributed by atoms with E-state index in [1.165, 1.54) is 21.7 Å². The smallest absolute Gasteiger partial charge is 0.330 e. The molecular weight excluding hydrogens is 779 g/mol. The molecule has 3 heterocycles. The average Bonchev–Trinajstić information content (AvgIpc) is 3.88. The summed E-state index contributed by atoms with van der Waals surface area (Å²) in [6.07, 6.45) is -4.15. The van der Waals surface area contributed by atoms with Gasteiger partial charge in [-0.05, 0) is 66.1 Å². The summed E-state index contributed by atoms with van der Waals surface area (Å²) in [5, 5.41) is -0.433. The normalized spacial score (nSPS) is 23.5. The third-order valence-electron chi connectivity index (χ3n) is 12.0. The molecule has 2 aliphatic rings. The third kappa shape index (κ3) is 10.3. The van der Waals surface area contributed by atoms with Crippen LogP contribution >= 0.6 is 0 Å². The average molecular weight is 840 g/mol. The fraction of sp³-hybridized carbons (Fsp3) is 0.571. The third-order valence-corrected chi connectivity index (χ3v) is 21.0. The van der Waals surface area contributed by atoms with Crippen LogP contribution in [0, 0.1) is 0 Å². The summed E-state index contributed by atoms with van der Waals surface area (Å²) in [6, 6.07) is 16.8. The number of epoxide rings is 1. The van der Waals surface area contributed by atoms with E-state index in [0.717, 1.165) is 5.56 Å². The van der Waals surface area contributed by atoms with E-state index in [4.69, 9.17) is 32.5 Å². The molecule has 1 N–H and O–H groups in total. The minimum atomic E-state index is -2.56. The SMILES string of the molecule is COc1ccc(OC[C@H]([C@H](C=O)OCc2ccccc2)N(C)C(=O)[C@H]2O[C@@H]2[C@H]2O[C@@H](n3ccc(=O)[nH]c3=O)[C@H](O[Si](C)(C)C(C)(C)C)[C@@H]2O[Si](C)(C)C(C)(C)C)cc1. The number of likely N-dealkylation sites (N-methyl/N-ethyl adjacent to an activating group) is 1. The van der Waals surface area contributed by atoms with Gasteiger partial charge in [-0.2, -0.15) is 0 Å². The fourth-order valence-corrected chi connectivity index (χ4v) is 8.89. The Hall–Kier alpha value is -3.91. The number of carbonyl (C=O) groups is 2. The Labute approximate surface area is 343 Å². The Morgan fingerprint density at radius 2 is 1.45 bits per heavy atom. The van der Waals surface area contributed by atoms with Gasteiger partial charge in [-0.3, -0.25) is 19.1 Å². The van der Waals surface area contributed by atoms with Crippen molar-refractivity contribution < 1.29 is 42.1 Å². The van der Waals surface area contributed by atoms with Crippen molar-refractivity contribution in [3.05, 3.63) is 93.3 Å². The lowest BCUT2D eigenvalue weighted by Gasteiger charge is -2.44. The molecule has 0 unspecified atom stereocenters. The Morgan fingerprint density at radius 3 is 2.00 bits per heavy atom. The van der Waals surface area contributed by atoms with E-state index < -0.39 is 82.7 Å². The van der Waals surface area contributed by atoms with Gasteiger partial charge in [-0.1, -0.05) is 71.9 Å². The molecule has 5 rings (SSSR count). The van der Waals surface area contributed by atoms with Crippen LogP contribution in [0.25, 0.3) is 0 Å². The first kappa shape index (κ1) is 45.2. The lowest BCUT2D eigenvalue weighted by Crippen LogP contribution is -2.55. The Kier molecular flexibility index (Phi) is 13.8. The van der Waals surface area contributed by atoms with Gasteiger partial charge in [0.05, 0.1) is 19.8 Å². The highest BCUT2D eigenvalue weighted by molar-refractivity contribution is 6.74. The molecule has 0 spiro atoms. The number of carbonyl (C=O) groups excluding carboxylic acids is 2. The van der Waals surface area contributed by atoms with Crippen molar-refractivity contribution >= 4 is 28.8 Å². The highest BCUT2D eigenvalue weighted by atomic mass is 28.4. The summed E-state index contributed by atoms with van der Waals surface area (Å²) in [4.78, 5) is 56.5. The van der Waals surface area contributed by atoms with Gasteiger partial charge in [0.2, 0.25) is 0 Å². The van der Waals surface area contributed by atoms with Crippen molar-refractivity contribution in [3.8, 4) is 11.5 Å². The van der Waals surface area contributed by atoms with Gasteiger partial charge < -0.3 is 42.2 Å². The second kappa shape index (κ2) is 17.8. The maximum atomic E-state index is 14.5. The van der Waals surface area contributed by atoms with E-state index in [2.05, 4.69) is 72.7 Å². The second-order valence-corrected chi connectivity index (χ2v) is 27.6. The molecule has 2 fully saturated rings. The number of nitrogens with one attached hydrogen (secondary N) is 1. The maximum absolute atomic E-state index is 14.5. The second-order valence-electron chi connectivity index (χ2n) is 18.1. The van der Waals surface area contributed by atoms with Crippen molar-refractivity contribution in [1.29, 1.82) is 0 Å². The standard InChI is InChI=1S/C42H61N3O11Si2/c1-41(2,3)57(9,10)55-35-33(54-39(45-23-22-32(47)43-40(45)49)37(35)56-58(11,12)42(4,5)6)34-36(53-34)38(48)44(7)30(26-51-29-20-18-28(50-8)19-21-29)31(24-46)52-25-27-16-14-13-15-17-27/h13-24,30-31,33-37,39H,25-26H2,1-12H3,(H,43,47,49)/t30-,31+,33-,34-,35-,36+,37-,39-/m1/s1. The van der Waals surface area contributed by atoms with Crippen molar-refractivity contribution in [2.45, 2.75) is 133 Å². The lowest BCUT2D eigenvalue weighted by atomic mass is 10.0. The van der Waals surface area contributed by atoms with Crippen molar-refractivity contribution in [1.82, 2.24) is 14.5 Å². The molecule has 2 aliphatic heterocycles. The molecule has 8 atom stereocenters. The van der Waals surface area contributed by atoms with Crippen molar-refractivity contribution in [2.24, 2.45) is 0 Å². The molecule has 2 aromatic carbocycles. The van der Waals surface area contributed by atoms with Gasteiger partial charge in [0.15, 0.2) is 35.3 Å². The van der Waals surface area contributed by atoms with Gasteiger partial charge in [0.25, 0.3) is 11.5 Å². The molecule has 1 amide bonds. The van der Waals surface area contributed by atoms with Gasteiger partial charge in [-0.15, -0.1) is 0 Å². The first-order valence-electron chi connectivity index (χ1n) is 19.7. The molecule has 0 radical (unpaired) electrons. The molecule has 0 bridgehead atoms. The van der Waals surface area contributed by atoms with Crippen molar-refractivity contribution in [2.75, 3.05) is 20.8 Å². The number of aromatic nitrogens is 2. The van der Waals surface area contributed by atoms with Crippen LogP contribution in [0.3, 0.4) is 0 Å². The minimum Gasteiger partial charge on any atom is -0.497 e. The first-order chi connectivity index (χ1) is 27.1. The molecule has 1 aromatic heterocycles. The minimum absolute atomic E-state index is 0.0686. The largest absolute Gasteiger partial charge is 0.497 e. The first-order valence-corrected chi connectivity index (χ1v) is 25.5. The predicted molar refractivity (Wildman–Crippen MR) is 224 cm³/mol. The number of ether oxygens (including phenoxy) is 5. The molecule has 16 heteroatoms. The molecule has 0 aliphatic carbocycles. The topological polar surface area (TPSA) is 160 Å². The quantitative estimate of drug-likeness (QED) is 0.101. The summed E-state index contributed by atoms with van der Waals surface area (Å²) >= 11 is 0. The number of amides is 1. The van der Waals surface area contributed by atoms with Crippen LogP contribution < -0.4 is 20.7 Å². The summed E-state index contributed by atoms with van der Waals surface area (Å²) in [6.45, 7) is 21.3. The van der Waals surface area contributed by atoms with E-state index in [1.54, 1.807) is 38.4 Å². The zero-order valence-electron chi connectivity index (χ0n) is 35.8. The highest BCUT2D eigenvalue weighted by Gasteiger charge is 2.63. The van der Waals surface area contributed by atoms with Crippen LogP contribution in [0.4, 0.5) is 0 Å². The van der Waals surface area contributed by atoms with Gasteiger partial charge >= 0.3 is 5.69 Å². The van der Waals surface area contributed by atoms with E-state index in [-0.39, 0.29) is 23.3 Å². The molecular formula is C42H61N3O11Si2. The van der Waals surface area contributed by atoms with Gasteiger partial charge in [-0.25, -0.2) is 4.79 Å². The molecule has 14 nitrogen and oxygen atoms in total. The monoisotopic (exact) mass is 839 g/mol. The number of hydrogen-bond acceptors (Lipinski definition) is 11. The zero-order valence-corrected chi connectivity index (χ0v) is 37.8. The van der Waals surface area contributed by atoms with Crippen LogP contribution in [0.2, 0.25) is 36.3 Å². The lowest BCUT2D eigenvalue weighted by molar-refractivity contribution is -0.141. The van der Waals surface area contributed by atoms with E-state index in [0.29, 0.717) is 17.8 Å². The van der Waals surface area contributed by atoms with Crippen LogP contribution in [0.1, 0.15) is 53.3 Å². The summed E-state index contributed by atoms with van der Waals surface area (Å²) in [5.41, 5.74) is -0.342. The fourth-order valence-electron chi connectivity index (χ4n) is 6.30. The number of H-pyrrole nitrogens is 1. The molecule has 2 saturated heterocycles. The van der Waals surface area contributed by atoms with Crippen LogP contribution in [-0.4, -0.2) is 107 Å². The van der Waals surface area contributed by atoms with Gasteiger partial charge in [0, 0.05) is 19.3 Å². The molecule has 58 heavy (non-hydrogen) atoms. The Bertz CT molecular complexity index is 1970. The van der Waals surface area contributed by atoms with Crippen LogP contribution in [0.15, 0.2) is 76.4 Å². The van der Waals surface area contributed by atoms with Crippen LogP contribution in [-0.2, 0) is 39.3 Å².